The largest absolute Gasteiger partial charge is 0.398 e. The molecule has 10 heteroatoms. The SMILES string of the molecule is C=CC(=O)N1CC(NC(=O)c2sc(CN=C(N)c3cc(C(C)(C)C)c(Cl)cc3N)nc2C)C1. The molecule has 0 bridgehead atoms. The smallest absolute Gasteiger partial charge is 0.263 e. The van der Waals surface area contributed by atoms with E-state index in [1.165, 1.54) is 17.4 Å². The number of likely N-dealkylation sites (tertiary alicyclic amines) is 1. The van der Waals surface area contributed by atoms with Crippen LogP contribution < -0.4 is 16.8 Å². The van der Waals surface area contributed by atoms with Gasteiger partial charge in [-0.15, -0.1) is 11.3 Å². The summed E-state index contributed by atoms with van der Waals surface area (Å²) in [6.45, 7) is 12.6. The highest BCUT2D eigenvalue weighted by molar-refractivity contribution is 7.13. The van der Waals surface area contributed by atoms with Gasteiger partial charge in [0.1, 0.15) is 15.7 Å². The first-order valence-corrected chi connectivity index (χ1v) is 11.7. The number of aromatic nitrogens is 1. The Labute approximate surface area is 202 Å². The number of carbonyl (C=O) groups is 2. The van der Waals surface area contributed by atoms with Gasteiger partial charge in [-0.25, -0.2) is 4.98 Å². The van der Waals surface area contributed by atoms with Crippen LogP contribution in [0, 0.1) is 6.92 Å². The molecule has 8 nitrogen and oxygen atoms in total. The highest BCUT2D eigenvalue weighted by atomic mass is 35.5. The molecule has 0 aliphatic carbocycles. The Morgan fingerprint density at radius 2 is 2.06 bits per heavy atom. The van der Waals surface area contributed by atoms with Crippen molar-refractivity contribution in [2.24, 2.45) is 10.7 Å². The summed E-state index contributed by atoms with van der Waals surface area (Å²) < 4.78 is 0. The van der Waals surface area contributed by atoms with Crippen LogP contribution in [-0.2, 0) is 16.8 Å². The molecule has 1 aromatic heterocycles. The predicted molar refractivity (Wildman–Crippen MR) is 134 cm³/mol. The number of rotatable bonds is 6. The van der Waals surface area contributed by atoms with Crippen LogP contribution in [0.3, 0.4) is 0 Å². The number of nitrogen functional groups attached to an aromatic ring is 1. The first-order chi connectivity index (χ1) is 15.4. The zero-order valence-corrected chi connectivity index (χ0v) is 20.8. The molecule has 2 amide bonds. The normalized spacial score (nSPS) is 14.7. The number of hydrogen-bond acceptors (Lipinski definition) is 6. The average molecular weight is 489 g/mol. The Balaban J connectivity index is 1.69. The minimum absolute atomic E-state index is 0.0788. The number of hydrogen-bond donors (Lipinski definition) is 3. The standard InChI is InChI=1S/C23H29ClN6O2S/c1-6-19(31)30-10-13(11-30)29-22(32)20-12(2)28-18(33-20)9-27-21(26)14-7-15(23(3,4)5)16(24)8-17(14)25/h6-8,13H,1,9-11,25H2,2-5H3,(H2,26,27)(H,29,32). The monoisotopic (exact) mass is 488 g/mol. The summed E-state index contributed by atoms with van der Waals surface area (Å²) in [4.78, 5) is 35.2. The lowest BCUT2D eigenvalue weighted by molar-refractivity contribution is -0.130. The van der Waals surface area contributed by atoms with E-state index in [1.807, 2.05) is 6.07 Å². The summed E-state index contributed by atoms with van der Waals surface area (Å²) in [6.07, 6.45) is 1.27. The molecule has 1 saturated heterocycles. The summed E-state index contributed by atoms with van der Waals surface area (Å²) in [5.41, 5.74) is 14.8. The fourth-order valence-corrected chi connectivity index (χ4v) is 4.83. The number of amidine groups is 1. The van der Waals surface area contributed by atoms with E-state index in [0.717, 1.165) is 5.56 Å². The van der Waals surface area contributed by atoms with Crippen molar-refractivity contribution < 1.29 is 9.59 Å². The number of nitrogens with zero attached hydrogens (tertiary/aromatic N) is 3. The Hall–Kier alpha value is -2.91. The van der Waals surface area contributed by atoms with Crippen molar-refractivity contribution in [3.05, 3.63) is 56.5 Å². The third kappa shape index (κ3) is 5.54. The summed E-state index contributed by atoms with van der Waals surface area (Å²) in [7, 11) is 0. The maximum absolute atomic E-state index is 12.6. The number of thiazole rings is 1. The van der Waals surface area contributed by atoms with Crippen molar-refractivity contribution in [3.63, 3.8) is 0 Å². The van der Waals surface area contributed by atoms with E-state index >= 15 is 0 Å². The maximum atomic E-state index is 12.6. The highest BCUT2D eigenvalue weighted by Gasteiger charge is 2.31. The molecule has 1 fully saturated rings. The third-order valence-corrected chi connectivity index (χ3v) is 6.81. The second-order valence-electron chi connectivity index (χ2n) is 9.01. The topological polar surface area (TPSA) is 127 Å². The van der Waals surface area contributed by atoms with Crippen LogP contribution >= 0.6 is 22.9 Å². The van der Waals surface area contributed by atoms with E-state index in [2.05, 4.69) is 42.6 Å². The highest BCUT2D eigenvalue weighted by Crippen LogP contribution is 2.33. The zero-order chi connectivity index (χ0) is 24.5. The minimum Gasteiger partial charge on any atom is -0.398 e. The molecule has 1 aliphatic heterocycles. The number of amides is 2. The van der Waals surface area contributed by atoms with E-state index in [1.54, 1.807) is 17.9 Å². The molecule has 2 aromatic rings. The Kier molecular flexibility index (Phi) is 7.14. The summed E-state index contributed by atoms with van der Waals surface area (Å²) in [6, 6.07) is 3.49. The second-order valence-corrected chi connectivity index (χ2v) is 10.5. The third-order valence-electron chi connectivity index (χ3n) is 5.36. The number of aliphatic imine (C=N–C) groups is 1. The van der Waals surface area contributed by atoms with Crippen LogP contribution in [0.5, 0.6) is 0 Å². The number of nitrogens with two attached hydrogens (primary N) is 2. The molecule has 0 unspecified atom stereocenters. The van der Waals surface area contributed by atoms with Crippen LogP contribution in [-0.4, -0.2) is 46.7 Å². The predicted octanol–water partition coefficient (Wildman–Crippen LogP) is 3.02. The lowest BCUT2D eigenvalue weighted by atomic mass is 9.85. The molecule has 0 radical (unpaired) electrons. The average Bonchev–Trinajstić information content (AvgIpc) is 3.07. The zero-order valence-electron chi connectivity index (χ0n) is 19.2. The van der Waals surface area contributed by atoms with Gasteiger partial charge in [-0.05, 0) is 36.1 Å². The first kappa shape index (κ1) is 24.7. The fraction of sp³-hybridized carbons (Fsp3) is 0.391. The van der Waals surface area contributed by atoms with Crippen LogP contribution in [0.4, 0.5) is 5.69 Å². The molecular formula is C23H29ClN6O2S. The molecule has 176 valence electrons. The fourth-order valence-electron chi connectivity index (χ4n) is 3.48. The molecule has 1 aliphatic rings. The molecule has 2 heterocycles. The van der Waals surface area contributed by atoms with E-state index in [9.17, 15) is 9.59 Å². The van der Waals surface area contributed by atoms with Crippen molar-refractivity contribution >= 4 is 46.3 Å². The van der Waals surface area contributed by atoms with Crippen molar-refractivity contribution in [1.29, 1.82) is 0 Å². The van der Waals surface area contributed by atoms with Crippen molar-refractivity contribution in [2.45, 2.75) is 45.7 Å². The van der Waals surface area contributed by atoms with Crippen molar-refractivity contribution in [1.82, 2.24) is 15.2 Å². The number of aryl methyl sites for hydroxylation is 1. The number of carbonyl (C=O) groups excluding carboxylic acids is 2. The molecular weight excluding hydrogens is 460 g/mol. The van der Waals surface area contributed by atoms with E-state index in [4.69, 9.17) is 23.1 Å². The van der Waals surface area contributed by atoms with Gasteiger partial charge in [0.25, 0.3) is 5.91 Å². The Morgan fingerprint density at radius 1 is 1.39 bits per heavy atom. The molecule has 5 N–H and O–H groups in total. The van der Waals surface area contributed by atoms with Gasteiger partial charge in [-0.1, -0.05) is 39.0 Å². The lowest BCUT2D eigenvalue weighted by Gasteiger charge is -2.38. The van der Waals surface area contributed by atoms with Crippen LogP contribution in [0.15, 0.2) is 29.8 Å². The summed E-state index contributed by atoms with van der Waals surface area (Å²) in [5.74, 6) is -0.0567. The molecule has 1 aromatic carbocycles. The van der Waals surface area contributed by atoms with Gasteiger partial charge >= 0.3 is 0 Å². The first-order valence-electron chi connectivity index (χ1n) is 10.5. The minimum atomic E-state index is -0.208. The van der Waals surface area contributed by atoms with E-state index < -0.39 is 0 Å². The maximum Gasteiger partial charge on any atom is 0.263 e. The van der Waals surface area contributed by atoms with Gasteiger partial charge < -0.3 is 21.7 Å². The van der Waals surface area contributed by atoms with E-state index in [-0.39, 0.29) is 35.7 Å². The number of anilines is 1. The van der Waals surface area contributed by atoms with Crippen molar-refractivity contribution in [2.75, 3.05) is 18.8 Å². The summed E-state index contributed by atoms with van der Waals surface area (Å²) in [5, 5.41) is 4.19. The lowest BCUT2D eigenvalue weighted by Crippen LogP contribution is -2.60. The Morgan fingerprint density at radius 3 is 2.67 bits per heavy atom. The molecule has 0 spiro atoms. The molecule has 0 saturated carbocycles. The van der Waals surface area contributed by atoms with Crippen LogP contribution in [0.25, 0.3) is 0 Å². The van der Waals surface area contributed by atoms with Crippen molar-refractivity contribution in [3.8, 4) is 0 Å². The van der Waals surface area contributed by atoms with Gasteiger partial charge in [0.15, 0.2) is 0 Å². The van der Waals surface area contributed by atoms with E-state index in [0.29, 0.717) is 44.9 Å². The number of benzene rings is 1. The van der Waals surface area contributed by atoms with Gasteiger partial charge in [0.2, 0.25) is 5.91 Å². The van der Waals surface area contributed by atoms with Gasteiger partial charge in [-0.2, -0.15) is 0 Å². The van der Waals surface area contributed by atoms with Gasteiger partial charge in [-0.3, -0.25) is 14.6 Å². The molecule has 3 rings (SSSR count). The molecule has 0 atom stereocenters. The van der Waals surface area contributed by atoms with Gasteiger partial charge in [0.05, 0.1) is 18.3 Å². The second kappa shape index (κ2) is 9.52. The number of halogens is 1. The Bertz CT molecular complexity index is 1130. The number of nitrogens with one attached hydrogen (secondary N) is 1. The molecule has 33 heavy (non-hydrogen) atoms. The van der Waals surface area contributed by atoms with Crippen LogP contribution in [0.2, 0.25) is 5.02 Å². The van der Waals surface area contributed by atoms with Crippen LogP contribution in [0.1, 0.15) is 52.3 Å². The quantitative estimate of drug-likeness (QED) is 0.249. The van der Waals surface area contributed by atoms with Gasteiger partial charge in [0, 0.05) is 29.4 Å². The summed E-state index contributed by atoms with van der Waals surface area (Å²) >= 11 is 7.64.